The van der Waals surface area contributed by atoms with Crippen LogP contribution in [0, 0.1) is 18.8 Å². The van der Waals surface area contributed by atoms with Crippen molar-refractivity contribution in [3.8, 4) is 0 Å². The van der Waals surface area contributed by atoms with E-state index < -0.39 is 9.05 Å². The van der Waals surface area contributed by atoms with Crippen LogP contribution >= 0.6 is 26.6 Å². The minimum absolute atomic E-state index is 0.0124. The minimum atomic E-state index is -3.80. The smallest absolute Gasteiger partial charge is 0.261 e. The lowest BCUT2D eigenvalue weighted by atomic mass is 9.97. The van der Waals surface area contributed by atoms with Crippen LogP contribution < -0.4 is 5.32 Å². The van der Waals surface area contributed by atoms with Crippen LogP contribution in [-0.2, 0) is 13.8 Å². The predicted octanol–water partition coefficient (Wildman–Crippen LogP) is 4.06. The zero-order valence-corrected chi connectivity index (χ0v) is 15.0. The number of nitrogens with one attached hydrogen (secondary N) is 1. The molecule has 116 valence electrons. The van der Waals surface area contributed by atoms with E-state index in [4.69, 9.17) is 10.7 Å². The lowest BCUT2D eigenvalue weighted by Gasteiger charge is -2.17. The molecule has 2 atom stereocenters. The normalized spacial score (nSPS) is 22.3. The quantitative estimate of drug-likeness (QED) is 0.786. The maximum atomic E-state index is 12.3. The van der Waals surface area contributed by atoms with Gasteiger partial charge in [0.2, 0.25) is 5.91 Å². The van der Waals surface area contributed by atoms with Crippen molar-refractivity contribution in [2.24, 2.45) is 11.8 Å². The second-order valence-corrected chi connectivity index (χ2v) is 8.93. The molecule has 1 aliphatic rings. The third-order valence-electron chi connectivity index (χ3n) is 3.98. The molecule has 1 aliphatic carbocycles. The van der Waals surface area contributed by atoms with Crippen molar-refractivity contribution >= 4 is 47.3 Å². The first-order chi connectivity index (χ1) is 9.70. The number of aryl methyl sites for hydroxylation is 1. The van der Waals surface area contributed by atoms with E-state index in [1.807, 2.05) is 0 Å². The molecule has 2 unspecified atom stereocenters. The first-order valence-corrected chi connectivity index (χ1v) is 9.86. The van der Waals surface area contributed by atoms with Crippen molar-refractivity contribution in [1.82, 2.24) is 0 Å². The molecular formula is C14H17BrClNO3S. The molecule has 0 heterocycles. The lowest BCUT2D eigenvalue weighted by Crippen LogP contribution is -2.24. The van der Waals surface area contributed by atoms with Gasteiger partial charge < -0.3 is 5.32 Å². The molecular weight excluding hydrogens is 378 g/mol. The largest absolute Gasteiger partial charge is 0.325 e. The number of carbonyl (C=O) groups excluding carboxylic acids is 1. The second-order valence-electron chi connectivity index (χ2n) is 5.54. The van der Waals surface area contributed by atoms with Crippen LogP contribution in [0.25, 0.3) is 0 Å². The molecule has 21 heavy (non-hydrogen) atoms. The van der Waals surface area contributed by atoms with E-state index in [9.17, 15) is 13.2 Å². The lowest BCUT2D eigenvalue weighted by molar-refractivity contribution is -0.120. The third kappa shape index (κ3) is 3.79. The summed E-state index contributed by atoms with van der Waals surface area (Å²) in [5.41, 5.74) is 1.07. The highest BCUT2D eigenvalue weighted by Crippen LogP contribution is 2.34. The van der Waals surface area contributed by atoms with Gasteiger partial charge in [0.15, 0.2) is 0 Å². The Hall–Kier alpha value is -0.590. The van der Waals surface area contributed by atoms with Crippen LogP contribution in [0.3, 0.4) is 0 Å². The molecule has 1 aromatic carbocycles. The summed E-state index contributed by atoms with van der Waals surface area (Å²) in [5.74, 6) is 0.391. The fraction of sp³-hybridized carbons (Fsp3) is 0.500. The maximum absolute atomic E-state index is 12.3. The van der Waals surface area contributed by atoms with Crippen molar-refractivity contribution in [3.63, 3.8) is 0 Å². The van der Waals surface area contributed by atoms with Gasteiger partial charge in [-0.1, -0.05) is 13.3 Å². The molecule has 0 bridgehead atoms. The highest BCUT2D eigenvalue weighted by molar-refractivity contribution is 9.10. The Bertz CT molecular complexity index is 675. The van der Waals surface area contributed by atoms with E-state index in [2.05, 4.69) is 28.2 Å². The second kappa shape index (κ2) is 6.26. The zero-order valence-electron chi connectivity index (χ0n) is 11.8. The Balaban J connectivity index is 2.25. The van der Waals surface area contributed by atoms with Crippen LogP contribution in [-0.4, -0.2) is 14.3 Å². The molecule has 1 aromatic rings. The number of benzene rings is 1. The molecule has 0 spiro atoms. The Kier molecular flexibility index (Phi) is 5.00. The van der Waals surface area contributed by atoms with Crippen molar-refractivity contribution in [3.05, 3.63) is 22.2 Å². The van der Waals surface area contributed by atoms with Gasteiger partial charge in [-0.25, -0.2) is 8.42 Å². The van der Waals surface area contributed by atoms with Crippen molar-refractivity contribution in [1.29, 1.82) is 0 Å². The van der Waals surface area contributed by atoms with Crippen molar-refractivity contribution < 1.29 is 13.2 Å². The van der Waals surface area contributed by atoms with Crippen LogP contribution in [0.1, 0.15) is 31.7 Å². The number of amides is 1. The van der Waals surface area contributed by atoms with Gasteiger partial charge in [-0.2, -0.15) is 0 Å². The molecule has 0 saturated heterocycles. The van der Waals surface area contributed by atoms with Crippen LogP contribution in [0.2, 0.25) is 0 Å². The van der Waals surface area contributed by atoms with Gasteiger partial charge in [-0.3, -0.25) is 4.79 Å². The van der Waals surface area contributed by atoms with Gasteiger partial charge in [-0.15, -0.1) is 0 Å². The summed E-state index contributed by atoms with van der Waals surface area (Å²) in [6, 6.07) is 3.04. The molecule has 7 heteroatoms. The minimum Gasteiger partial charge on any atom is -0.325 e. The Morgan fingerprint density at radius 1 is 1.38 bits per heavy atom. The van der Waals surface area contributed by atoms with Crippen LogP contribution in [0.4, 0.5) is 5.69 Å². The molecule has 2 rings (SSSR count). The summed E-state index contributed by atoms with van der Waals surface area (Å²) in [5, 5.41) is 2.88. The van der Waals surface area contributed by atoms with E-state index in [1.165, 1.54) is 6.07 Å². The number of hydrogen-bond donors (Lipinski definition) is 1. The van der Waals surface area contributed by atoms with Crippen molar-refractivity contribution in [2.45, 2.75) is 38.0 Å². The van der Waals surface area contributed by atoms with E-state index >= 15 is 0 Å². The van der Waals surface area contributed by atoms with E-state index in [-0.39, 0.29) is 16.7 Å². The number of rotatable bonds is 3. The molecule has 1 amide bonds. The van der Waals surface area contributed by atoms with Crippen LogP contribution in [0.5, 0.6) is 0 Å². The van der Waals surface area contributed by atoms with Crippen LogP contribution in [0.15, 0.2) is 21.5 Å². The monoisotopic (exact) mass is 393 g/mol. The van der Waals surface area contributed by atoms with Gasteiger partial charge in [0.25, 0.3) is 9.05 Å². The summed E-state index contributed by atoms with van der Waals surface area (Å²) in [7, 11) is 1.58. The number of hydrogen-bond acceptors (Lipinski definition) is 3. The summed E-state index contributed by atoms with van der Waals surface area (Å²) in [6.45, 7) is 3.73. The topological polar surface area (TPSA) is 63.2 Å². The zero-order chi connectivity index (χ0) is 15.8. The average molecular weight is 395 g/mol. The maximum Gasteiger partial charge on any atom is 0.261 e. The van der Waals surface area contributed by atoms with E-state index in [0.717, 1.165) is 19.3 Å². The van der Waals surface area contributed by atoms with Gasteiger partial charge in [0, 0.05) is 21.1 Å². The average Bonchev–Trinajstić information content (AvgIpc) is 2.78. The molecule has 1 saturated carbocycles. The highest BCUT2D eigenvalue weighted by Gasteiger charge is 2.30. The Morgan fingerprint density at radius 3 is 2.57 bits per heavy atom. The summed E-state index contributed by atoms with van der Waals surface area (Å²) in [4.78, 5) is 12.3. The molecule has 4 nitrogen and oxygen atoms in total. The first-order valence-electron chi connectivity index (χ1n) is 6.76. The molecule has 0 aromatic heterocycles. The summed E-state index contributed by atoms with van der Waals surface area (Å²) in [6.07, 6.45) is 3.04. The molecule has 1 N–H and O–H groups in total. The molecule has 1 fully saturated rings. The van der Waals surface area contributed by atoms with E-state index in [1.54, 1.807) is 13.0 Å². The number of anilines is 1. The standard InChI is InChI=1S/C14H17BrClNO3S/c1-8-4-3-5-10(8)14(18)17-12-6-9(2)13(7-11(12)15)21(16,19)20/h6-8,10H,3-5H2,1-2H3,(H,17,18). The highest BCUT2D eigenvalue weighted by atomic mass is 79.9. The number of halogens is 2. The SMILES string of the molecule is Cc1cc(NC(=O)C2CCCC2C)c(Br)cc1S(=O)(=O)Cl. The van der Waals surface area contributed by atoms with E-state index in [0.29, 0.717) is 21.6 Å². The van der Waals surface area contributed by atoms with Gasteiger partial charge in [-0.05, 0) is 59.3 Å². The molecule has 0 aliphatic heterocycles. The Labute approximate surface area is 137 Å². The fourth-order valence-corrected chi connectivity index (χ4v) is 4.58. The molecule has 0 radical (unpaired) electrons. The first kappa shape index (κ1) is 16.8. The predicted molar refractivity (Wildman–Crippen MR) is 87.1 cm³/mol. The fourth-order valence-electron chi connectivity index (χ4n) is 2.78. The van der Waals surface area contributed by atoms with Gasteiger partial charge in [0.1, 0.15) is 0 Å². The Morgan fingerprint density at radius 2 is 2.05 bits per heavy atom. The van der Waals surface area contributed by atoms with Crippen molar-refractivity contribution in [2.75, 3.05) is 5.32 Å². The summed E-state index contributed by atoms with van der Waals surface area (Å²) >= 11 is 3.29. The third-order valence-corrected chi connectivity index (χ3v) is 6.10. The number of carbonyl (C=O) groups is 1. The summed E-state index contributed by atoms with van der Waals surface area (Å²) < 4.78 is 23.4. The van der Waals surface area contributed by atoms with Gasteiger partial charge >= 0.3 is 0 Å². The van der Waals surface area contributed by atoms with Gasteiger partial charge in [0.05, 0.1) is 10.6 Å².